The zero-order valence-corrected chi connectivity index (χ0v) is 17.8. The summed E-state index contributed by atoms with van der Waals surface area (Å²) >= 11 is 3.49. The van der Waals surface area contributed by atoms with Gasteiger partial charge >= 0.3 is 0 Å². The smallest absolute Gasteiger partial charge is 0.231 e. The van der Waals surface area contributed by atoms with Gasteiger partial charge in [0.2, 0.25) is 11.6 Å². The van der Waals surface area contributed by atoms with E-state index in [4.69, 9.17) is 9.40 Å². The molecule has 1 saturated heterocycles. The van der Waals surface area contributed by atoms with Gasteiger partial charge in [-0.2, -0.15) is 4.98 Å². The van der Waals surface area contributed by atoms with Crippen LogP contribution < -0.4 is 10.2 Å². The van der Waals surface area contributed by atoms with Crippen molar-refractivity contribution in [2.75, 3.05) is 23.3 Å². The number of para-hydroxylation sites is 1. The Morgan fingerprint density at radius 1 is 1.25 bits per heavy atom. The molecule has 0 aliphatic carbocycles. The Morgan fingerprint density at radius 3 is 2.82 bits per heavy atom. The van der Waals surface area contributed by atoms with Crippen molar-refractivity contribution < 1.29 is 9.21 Å². The molecule has 6 nitrogen and oxygen atoms in total. The molecule has 1 amide bonds. The van der Waals surface area contributed by atoms with Crippen LogP contribution in [0.1, 0.15) is 30.0 Å². The van der Waals surface area contributed by atoms with E-state index in [0.29, 0.717) is 18.1 Å². The van der Waals surface area contributed by atoms with E-state index >= 15 is 0 Å². The van der Waals surface area contributed by atoms with E-state index in [2.05, 4.69) is 31.1 Å². The van der Waals surface area contributed by atoms with Gasteiger partial charge in [0, 0.05) is 23.1 Å². The van der Waals surface area contributed by atoms with Crippen LogP contribution in [0.4, 0.5) is 11.5 Å². The number of halogens is 1. The number of benzene rings is 1. The standard InChI is InChI=1S/C21H23BrN4O2/c1-12-13(2)28-21-18(12)19(23-14(3)24-21)26-10-6-7-15(11-26)20(27)25-17-9-5-4-8-16(17)22/h4-5,8-9,15H,6-7,10-11H2,1-3H3,(H,25,27)/t15-/m0/s1. The van der Waals surface area contributed by atoms with Crippen LogP contribution in [-0.2, 0) is 4.79 Å². The van der Waals surface area contributed by atoms with Crippen molar-refractivity contribution in [1.29, 1.82) is 0 Å². The number of rotatable bonds is 3. The molecule has 3 aromatic rings. The second-order valence-corrected chi connectivity index (χ2v) is 8.17. The van der Waals surface area contributed by atoms with Crippen molar-refractivity contribution in [2.45, 2.75) is 33.6 Å². The molecule has 1 aromatic carbocycles. The van der Waals surface area contributed by atoms with Gasteiger partial charge in [-0.05, 0) is 61.7 Å². The number of nitrogens with zero attached hydrogens (tertiary/aromatic N) is 3. The Bertz CT molecular complexity index is 1050. The van der Waals surface area contributed by atoms with Crippen molar-refractivity contribution in [3.8, 4) is 0 Å². The predicted molar refractivity (Wildman–Crippen MR) is 114 cm³/mol. The summed E-state index contributed by atoms with van der Waals surface area (Å²) in [5, 5.41) is 4.01. The molecule has 4 rings (SSSR count). The van der Waals surface area contributed by atoms with E-state index in [0.717, 1.165) is 52.1 Å². The van der Waals surface area contributed by atoms with Gasteiger partial charge in [-0.1, -0.05) is 12.1 Å². The van der Waals surface area contributed by atoms with Gasteiger partial charge in [-0.15, -0.1) is 0 Å². The third-order valence-electron chi connectivity index (χ3n) is 5.34. The van der Waals surface area contributed by atoms with Gasteiger partial charge in [0.1, 0.15) is 17.4 Å². The van der Waals surface area contributed by atoms with E-state index in [1.165, 1.54) is 0 Å². The van der Waals surface area contributed by atoms with Crippen LogP contribution in [0.5, 0.6) is 0 Å². The summed E-state index contributed by atoms with van der Waals surface area (Å²) in [5.74, 6) is 2.35. The molecule has 0 unspecified atom stereocenters. The Balaban J connectivity index is 1.60. The van der Waals surface area contributed by atoms with Gasteiger partial charge in [0.25, 0.3) is 0 Å². The minimum Gasteiger partial charge on any atom is -0.443 e. The zero-order valence-electron chi connectivity index (χ0n) is 16.3. The monoisotopic (exact) mass is 442 g/mol. The van der Waals surface area contributed by atoms with Crippen molar-refractivity contribution in [3.63, 3.8) is 0 Å². The molecular formula is C21H23BrN4O2. The maximum absolute atomic E-state index is 12.9. The summed E-state index contributed by atoms with van der Waals surface area (Å²) in [6.45, 7) is 7.35. The number of aromatic nitrogens is 2. The van der Waals surface area contributed by atoms with Crippen molar-refractivity contribution in [1.82, 2.24) is 9.97 Å². The number of nitrogens with one attached hydrogen (secondary N) is 1. The van der Waals surface area contributed by atoms with Gasteiger partial charge in [0.15, 0.2) is 0 Å². The molecular weight excluding hydrogens is 420 g/mol. The van der Waals surface area contributed by atoms with E-state index in [1.807, 2.05) is 45.0 Å². The lowest BCUT2D eigenvalue weighted by Crippen LogP contribution is -2.41. The Hall–Kier alpha value is -2.41. The van der Waals surface area contributed by atoms with Crippen LogP contribution >= 0.6 is 15.9 Å². The number of piperidine rings is 1. The maximum atomic E-state index is 12.9. The molecule has 7 heteroatoms. The lowest BCUT2D eigenvalue weighted by atomic mass is 9.96. The van der Waals surface area contributed by atoms with E-state index < -0.39 is 0 Å². The summed E-state index contributed by atoms with van der Waals surface area (Å²) in [5.41, 5.74) is 2.48. The highest BCUT2D eigenvalue weighted by Crippen LogP contribution is 2.33. The molecule has 2 aromatic heterocycles. The molecule has 1 aliphatic heterocycles. The number of carbonyl (C=O) groups excluding carboxylic acids is 1. The van der Waals surface area contributed by atoms with E-state index in [9.17, 15) is 4.79 Å². The molecule has 0 radical (unpaired) electrons. The summed E-state index contributed by atoms with van der Waals surface area (Å²) in [4.78, 5) is 24.2. The zero-order chi connectivity index (χ0) is 19.8. The van der Waals surface area contributed by atoms with Gasteiger partial charge in [-0.25, -0.2) is 4.98 Å². The molecule has 0 saturated carbocycles. The first-order chi connectivity index (χ1) is 13.4. The van der Waals surface area contributed by atoms with Crippen LogP contribution in [0.25, 0.3) is 11.1 Å². The second kappa shape index (κ2) is 7.54. The molecule has 1 N–H and O–H groups in total. The maximum Gasteiger partial charge on any atom is 0.231 e. The third-order valence-corrected chi connectivity index (χ3v) is 6.04. The highest BCUT2D eigenvalue weighted by Gasteiger charge is 2.29. The first kappa shape index (κ1) is 18.9. The molecule has 3 heterocycles. The van der Waals surface area contributed by atoms with Crippen molar-refractivity contribution in [3.05, 3.63) is 45.9 Å². The van der Waals surface area contributed by atoms with Crippen molar-refractivity contribution in [2.24, 2.45) is 5.92 Å². The predicted octanol–water partition coefficient (Wildman–Crippen LogP) is 4.77. The first-order valence-electron chi connectivity index (χ1n) is 9.48. The fourth-order valence-electron chi connectivity index (χ4n) is 3.74. The molecule has 0 bridgehead atoms. The number of aryl methyl sites for hydroxylation is 3. The normalized spacial score (nSPS) is 17.1. The lowest BCUT2D eigenvalue weighted by molar-refractivity contribution is -0.120. The topological polar surface area (TPSA) is 71.3 Å². The van der Waals surface area contributed by atoms with Crippen molar-refractivity contribution >= 4 is 44.4 Å². The van der Waals surface area contributed by atoms with Crippen LogP contribution in [0.15, 0.2) is 33.2 Å². The number of amides is 1. The van der Waals surface area contributed by atoms with Crippen LogP contribution in [0, 0.1) is 26.7 Å². The fraction of sp³-hybridized carbons (Fsp3) is 0.381. The Kier molecular flexibility index (Phi) is 5.10. The van der Waals surface area contributed by atoms with Crippen LogP contribution in [0.3, 0.4) is 0 Å². The minimum absolute atomic E-state index is 0.0405. The summed E-state index contributed by atoms with van der Waals surface area (Å²) in [6.07, 6.45) is 1.80. The second-order valence-electron chi connectivity index (χ2n) is 7.31. The van der Waals surface area contributed by atoms with Gasteiger partial charge in [-0.3, -0.25) is 4.79 Å². The summed E-state index contributed by atoms with van der Waals surface area (Å²) in [7, 11) is 0. The summed E-state index contributed by atoms with van der Waals surface area (Å²) < 4.78 is 6.70. The molecule has 28 heavy (non-hydrogen) atoms. The largest absolute Gasteiger partial charge is 0.443 e. The minimum atomic E-state index is -0.0977. The highest BCUT2D eigenvalue weighted by atomic mass is 79.9. The van der Waals surface area contributed by atoms with E-state index in [1.54, 1.807) is 0 Å². The highest BCUT2D eigenvalue weighted by molar-refractivity contribution is 9.10. The van der Waals surface area contributed by atoms with Gasteiger partial charge in [0.05, 0.1) is 17.0 Å². The third kappa shape index (κ3) is 3.51. The SMILES string of the molecule is Cc1nc(N2CCC[C@H](C(=O)Nc3ccccc3Br)C2)c2c(C)c(C)oc2n1. The number of fused-ring (bicyclic) bond motifs is 1. The number of hydrogen-bond acceptors (Lipinski definition) is 5. The molecule has 1 atom stereocenters. The molecule has 1 fully saturated rings. The summed E-state index contributed by atoms with van der Waals surface area (Å²) in [6, 6.07) is 7.67. The van der Waals surface area contributed by atoms with Crippen LogP contribution in [-0.4, -0.2) is 29.0 Å². The lowest BCUT2D eigenvalue weighted by Gasteiger charge is -2.33. The van der Waals surface area contributed by atoms with Crippen LogP contribution in [0.2, 0.25) is 0 Å². The number of hydrogen-bond donors (Lipinski definition) is 1. The Morgan fingerprint density at radius 2 is 2.04 bits per heavy atom. The number of furan rings is 1. The molecule has 0 spiro atoms. The molecule has 1 aliphatic rings. The molecule has 146 valence electrons. The van der Waals surface area contributed by atoms with Gasteiger partial charge < -0.3 is 14.6 Å². The Labute approximate surface area is 172 Å². The number of carbonyl (C=O) groups is 1. The average molecular weight is 443 g/mol. The average Bonchev–Trinajstić information content (AvgIpc) is 2.96. The quantitative estimate of drug-likeness (QED) is 0.632. The number of anilines is 2. The van der Waals surface area contributed by atoms with E-state index in [-0.39, 0.29) is 11.8 Å². The first-order valence-corrected chi connectivity index (χ1v) is 10.3. The fourth-order valence-corrected chi connectivity index (χ4v) is 4.13.